The Morgan fingerprint density at radius 2 is 2.29 bits per heavy atom. The lowest BCUT2D eigenvalue weighted by Gasteiger charge is -2.33. The molecule has 0 aromatic heterocycles. The van der Waals surface area contributed by atoms with E-state index in [-0.39, 0.29) is 25.1 Å². The van der Waals surface area contributed by atoms with Gasteiger partial charge in [-0.2, -0.15) is 0 Å². The quantitative estimate of drug-likeness (QED) is 0.864. The van der Waals surface area contributed by atoms with E-state index in [1.54, 1.807) is 4.90 Å². The summed E-state index contributed by atoms with van der Waals surface area (Å²) in [6, 6.07) is 7.54. The molecule has 0 spiro atoms. The number of carbonyl (C=O) groups is 2. The molecule has 1 aromatic carbocycles. The molecule has 1 atom stereocenters. The van der Waals surface area contributed by atoms with Crippen LogP contribution in [-0.4, -0.2) is 48.2 Å². The second-order valence-corrected chi connectivity index (χ2v) is 5.65. The van der Waals surface area contributed by atoms with Gasteiger partial charge in [0.2, 0.25) is 0 Å². The number of halogens is 1. The number of rotatable bonds is 4. The van der Waals surface area contributed by atoms with E-state index >= 15 is 0 Å². The van der Waals surface area contributed by atoms with Crippen molar-refractivity contribution in [2.45, 2.75) is 12.5 Å². The first-order valence-electron chi connectivity index (χ1n) is 6.68. The molecule has 0 saturated carbocycles. The average Bonchev–Trinajstić information content (AvgIpc) is 2.47. The number of carboxylic acid groups (broad SMARTS) is 1. The highest BCUT2D eigenvalue weighted by molar-refractivity contribution is 9.10. The number of ether oxygens (including phenoxy) is 1. The highest BCUT2D eigenvalue weighted by Gasteiger charge is 2.25. The number of hydrogen-bond donors (Lipinski definition) is 2. The van der Waals surface area contributed by atoms with Crippen molar-refractivity contribution in [1.29, 1.82) is 0 Å². The fraction of sp³-hybridized carbons (Fsp3) is 0.429. The maximum atomic E-state index is 12.0. The zero-order valence-electron chi connectivity index (χ0n) is 11.4. The fourth-order valence-corrected chi connectivity index (χ4v) is 2.55. The van der Waals surface area contributed by atoms with Crippen LogP contribution in [0.3, 0.4) is 0 Å². The minimum Gasteiger partial charge on any atom is -0.481 e. The highest BCUT2D eigenvalue weighted by Crippen LogP contribution is 2.24. The number of nitrogens with one attached hydrogen (secondary N) is 1. The van der Waals surface area contributed by atoms with Crippen LogP contribution in [0.4, 0.5) is 4.79 Å². The third kappa shape index (κ3) is 4.71. The summed E-state index contributed by atoms with van der Waals surface area (Å²) >= 11 is 3.42. The first-order valence-corrected chi connectivity index (χ1v) is 7.47. The first-order chi connectivity index (χ1) is 10.1. The third-order valence-corrected chi connectivity index (χ3v) is 3.68. The van der Waals surface area contributed by atoms with Crippen molar-refractivity contribution >= 4 is 27.9 Å². The molecule has 0 aliphatic carbocycles. The number of carboxylic acids is 1. The summed E-state index contributed by atoms with van der Waals surface area (Å²) in [4.78, 5) is 24.1. The molecule has 6 nitrogen and oxygen atoms in total. The van der Waals surface area contributed by atoms with Crippen molar-refractivity contribution in [3.8, 4) is 0 Å². The molecule has 21 heavy (non-hydrogen) atoms. The van der Waals surface area contributed by atoms with Crippen molar-refractivity contribution in [2.24, 2.45) is 0 Å². The van der Waals surface area contributed by atoms with Gasteiger partial charge in [0.25, 0.3) is 0 Å². The average molecular weight is 357 g/mol. The molecule has 1 heterocycles. The Hall–Kier alpha value is -1.60. The lowest BCUT2D eigenvalue weighted by molar-refractivity contribution is -0.136. The number of carbonyl (C=O) groups excluding carboxylic acids is 1. The van der Waals surface area contributed by atoms with Gasteiger partial charge in [-0.1, -0.05) is 28.1 Å². The van der Waals surface area contributed by atoms with Crippen LogP contribution in [0.2, 0.25) is 0 Å². The van der Waals surface area contributed by atoms with Gasteiger partial charge in [-0.3, -0.25) is 4.79 Å². The van der Waals surface area contributed by atoms with E-state index in [9.17, 15) is 9.59 Å². The Morgan fingerprint density at radius 3 is 3.00 bits per heavy atom. The first kappa shape index (κ1) is 15.8. The van der Waals surface area contributed by atoms with Crippen molar-refractivity contribution in [3.05, 3.63) is 34.3 Å². The number of nitrogens with zero attached hydrogens (tertiary/aromatic N) is 1. The van der Waals surface area contributed by atoms with Crippen LogP contribution in [0.25, 0.3) is 0 Å². The van der Waals surface area contributed by atoms with Gasteiger partial charge < -0.3 is 20.1 Å². The van der Waals surface area contributed by atoms with Crippen molar-refractivity contribution in [3.63, 3.8) is 0 Å². The summed E-state index contributed by atoms with van der Waals surface area (Å²) in [5.74, 6) is -0.927. The van der Waals surface area contributed by atoms with Gasteiger partial charge >= 0.3 is 12.0 Å². The summed E-state index contributed by atoms with van der Waals surface area (Å²) in [5, 5.41) is 11.2. The topological polar surface area (TPSA) is 78.9 Å². The lowest BCUT2D eigenvalue weighted by atomic mass is 10.1. The second kappa shape index (κ2) is 7.42. The van der Waals surface area contributed by atoms with Gasteiger partial charge in [0, 0.05) is 17.6 Å². The van der Waals surface area contributed by atoms with Gasteiger partial charge in [-0.15, -0.1) is 0 Å². The van der Waals surface area contributed by atoms with Gasteiger partial charge in [0.1, 0.15) is 6.10 Å². The minimum atomic E-state index is -0.927. The fourth-order valence-electron chi connectivity index (χ4n) is 2.13. The molecule has 1 aromatic rings. The Morgan fingerprint density at radius 1 is 1.48 bits per heavy atom. The predicted octanol–water partition coefficient (Wildman–Crippen LogP) is 2.01. The van der Waals surface area contributed by atoms with Gasteiger partial charge in [0.15, 0.2) is 0 Å². The molecule has 7 heteroatoms. The molecule has 114 valence electrons. The Kier molecular flexibility index (Phi) is 5.58. The molecule has 2 amide bonds. The summed E-state index contributed by atoms with van der Waals surface area (Å²) in [6.07, 6.45) is -0.244. The molecular formula is C14H17BrN2O4. The van der Waals surface area contributed by atoms with E-state index in [1.807, 2.05) is 24.3 Å². The van der Waals surface area contributed by atoms with Crippen LogP contribution in [-0.2, 0) is 9.53 Å². The number of amides is 2. The molecule has 2 rings (SSSR count). The zero-order chi connectivity index (χ0) is 15.2. The van der Waals surface area contributed by atoms with Crippen molar-refractivity contribution < 1.29 is 19.4 Å². The standard InChI is InChI=1S/C14H17BrN2O4/c15-11-3-1-2-10(8-11)12-9-17(6-7-21-12)14(20)16-5-4-13(18)19/h1-3,8,12H,4-7,9H2,(H,16,20)(H,18,19). The van der Waals surface area contributed by atoms with E-state index < -0.39 is 5.97 Å². The Bertz CT molecular complexity index is 523. The van der Waals surface area contributed by atoms with E-state index in [1.165, 1.54) is 0 Å². The molecule has 1 unspecified atom stereocenters. The number of urea groups is 1. The number of aliphatic carboxylic acids is 1. The largest absolute Gasteiger partial charge is 0.481 e. The van der Waals surface area contributed by atoms with Gasteiger partial charge in [-0.25, -0.2) is 4.79 Å². The summed E-state index contributed by atoms with van der Waals surface area (Å²) in [7, 11) is 0. The van der Waals surface area contributed by atoms with Crippen molar-refractivity contribution in [1.82, 2.24) is 10.2 Å². The Balaban J connectivity index is 1.91. The zero-order valence-corrected chi connectivity index (χ0v) is 13.0. The van der Waals surface area contributed by atoms with Crippen molar-refractivity contribution in [2.75, 3.05) is 26.2 Å². The monoisotopic (exact) mass is 356 g/mol. The van der Waals surface area contributed by atoms with Crippen LogP contribution >= 0.6 is 15.9 Å². The SMILES string of the molecule is O=C(O)CCNC(=O)N1CCOC(c2cccc(Br)c2)C1. The molecule has 1 aliphatic heterocycles. The number of hydrogen-bond acceptors (Lipinski definition) is 3. The van der Waals surface area contributed by atoms with Crippen LogP contribution in [0.15, 0.2) is 28.7 Å². The molecule has 2 N–H and O–H groups in total. The second-order valence-electron chi connectivity index (χ2n) is 4.74. The molecule has 1 fully saturated rings. The van der Waals surface area contributed by atoms with Gasteiger partial charge in [-0.05, 0) is 17.7 Å². The van der Waals surface area contributed by atoms with E-state index in [0.29, 0.717) is 19.7 Å². The van der Waals surface area contributed by atoms with Crippen LogP contribution < -0.4 is 5.32 Å². The number of morpholine rings is 1. The summed E-state index contributed by atoms with van der Waals surface area (Å²) < 4.78 is 6.67. The van der Waals surface area contributed by atoms with E-state index in [2.05, 4.69) is 21.2 Å². The molecule has 0 radical (unpaired) electrons. The summed E-state index contributed by atoms with van der Waals surface area (Å²) in [5.41, 5.74) is 1.01. The normalized spacial score (nSPS) is 18.3. The summed E-state index contributed by atoms with van der Waals surface area (Å²) in [6.45, 7) is 1.55. The molecular weight excluding hydrogens is 340 g/mol. The van der Waals surface area contributed by atoms with E-state index in [0.717, 1.165) is 10.0 Å². The lowest BCUT2D eigenvalue weighted by Crippen LogP contribution is -2.47. The van der Waals surface area contributed by atoms with Crippen LogP contribution in [0.1, 0.15) is 18.1 Å². The Labute approximate surface area is 131 Å². The number of benzene rings is 1. The predicted molar refractivity (Wildman–Crippen MR) is 80.1 cm³/mol. The van der Waals surface area contributed by atoms with Crippen LogP contribution in [0.5, 0.6) is 0 Å². The maximum Gasteiger partial charge on any atom is 0.317 e. The van der Waals surface area contributed by atoms with Gasteiger partial charge in [0.05, 0.1) is 19.6 Å². The highest BCUT2D eigenvalue weighted by atomic mass is 79.9. The van der Waals surface area contributed by atoms with E-state index in [4.69, 9.17) is 9.84 Å². The third-order valence-electron chi connectivity index (χ3n) is 3.19. The molecule has 1 aliphatic rings. The minimum absolute atomic E-state index is 0.0782. The molecule has 0 bridgehead atoms. The van der Waals surface area contributed by atoms with Crippen LogP contribution in [0, 0.1) is 0 Å². The smallest absolute Gasteiger partial charge is 0.317 e. The maximum absolute atomic E-state index is 12.0. The molecule has 1 saturated heterocycles.